The van der Waals surface area contributed by atoms with E-state index in [9.17, 15) is 4.79 Å². The van der Waals surface area contributed by atoms with Crippen molar-refractivity contribution in [2.75, 3.05) is 33.1 Å². The van der Waals surface area contributed by atoms with Gasteiger partial charge >= 0.3 is 6.03 Å². The number of urea groups is 1. The van der Waals surface area contributed by atoms with Crippen molar-refractivity contribution in [1.29, 1.82) is 0 Å². The van der Waals surface area contributed by atoms with Crippen LogP contribution in [-0.2, 0) is 5.41 Å². The van der Waals surface area contributed by atoms with E-state index in [0.717, 1.165) is 43.7 Å². The quantitative estimate of drug-likeness (QED) is 0.610. The molecular formula is C24H29Cl2N3O3. The highest BCUT2D eigenvalue weighted by Gasteiger charge is 2.50. The first-order valence-electron chi connectivity index (χ1n) is 10.8. The average Bonchev–Trinajstić information content (AvgIpc) is 3.13. The van der Waals surface area contributed by atoms with Crippen molar-refractivity contribution in [3.63, 3.8) is 0 Å². The third-order valence-corrected chi connectivity index (χ3v) is 7.56. The molecule has 8 heteroatoms. The van der Waals surface area contributed by atoms with Gasteiger partial charge in [0, 0.05) is 22.5 Å². The molecule has 0 radical (unpaired) electrons. The van der Waals surface area contributed by atoms with Gasteiger partial charge in [0.15, 0.2) is 11.5 Å². The van der Waals surface area contributed by atoms with Gasteiger partial charge in [-0.2, -0.15) is 0 Å². The molecule has 2 aromatic rings. The van der Waals surface area contributed by atoms with Crippen LogP contribution in [0.15, 0.2) is 36.4 Å². The number of halogens is 2. The highest BCUT2D eigenvalue weighted by molar-refractivity contribution is 6.35. The van der Waals surface area contributed by atoms with Crippen molar-refractivity contribution in [2.45, 2.75) is 43.2 Å². The summed E-state index contributed by atoms with van der Waals surface area (Å²) in [6, 6.07) is 11.4. The molecule has 1 saturated carbocycles. The second kappa shape index (κ2) is 9.38. The van der Waals surface area contributed by atoms with Gasteiger partial charge in [0.05, 0.1) is 24.9 Å². The van der Waals surface area contributed by atoms with E-state index in [1.54, 1.807) is 32.4 Å². The summed E-state index contributed by atoms with van der Waals surface area (Å²) in [6.07, 6.45) is 3.85. The first-order valence-corrected chi connectivity index (χ1v) is 11.6. The summed E-state index contributed by atoms with van der Waals surface area (Å²) in [5.41, 5.74) is 1.82. The summed E-state index contributed by atoms with van der Waals surface area (Å²) in [6.45, 7) is 1.02. The van der Waals surface area contributed by atoms with E-state index >= 15 is 0 Å². The Morgan fingerprint density at radius 2 is 1.88 bits per heavy atom. The highest BCUT2D eigenvalue weighted by Crippen LogP contribution is 2.49. The van der Waals surface area contributed by atoms with Crippen molar-refractivity contribution in [3.05, 3.63) is 52.0 Å². The van der Waals surface area contributed by atoms with Gasteiger partial charge in [0.2, 0.25) is 0 Å². The van der Waals surface area contributed by atoms with Crippen molar-refractivity contribution in [2.24, 2.45) is 0 Å². The number of anilines is 1. The summed E-state index contributed by atoms with van der Waals surface area (Å²) < 4.78 is 11.0. The zero-order valence-corrected chi connectivity index (χ0v) is 20.1. The first-order chi connectivity index (χ1) is 15.4. The normalized spacial score (nSPS) is 25.2. The molecule has 1 saturated heterocycles. The van der Waals surface area contributed by atoms with E-state index in [0.29, 0.717) is 21.8 Å². The third kappa shape index (κ3) is 4.36. The van der Waals surface area contributed by atoms with Gasteiger partial charge in [0.25, 0.3) is 0 Å². The van der Waals surface area contributed by atoms with Crippen LogP contribution >= 0.6 is 23.2 Å². The summed E-state index contributed by atoms with van der Waals surface area (Å²) in [5.74, 6) is 1.49. The maximum absolute atomic E-state index is 12.7. The van der Waals surface area contributed by atoms with Crippen LogP contribution in [0.4, 0.5) is 10.5 Å². The fourth-order valence-corrected chi connectivity index (χ4v) is 5.67. The summed E-state index contributed by atoms with van der Waals surface area (Å²) in [7, 11) is 5.49. The lowest BCUT2D eigenvalue weighted by Gasteiger charge is -2.45. The van der Waals surface area contributed by atoms with E-state index in [1.807, 2.05) is 6.07 Å². The lowest BCUT2D eigenvalue weighted by Crippen LogP contribution is -2.52. The number of carbonyl (C=O) groups excluding carboxylic acids is 1. The molecule has 6 nitrogen and oxygen atoms in total. The second-order valence-corrected chi connectivity index (χ2v) is 9.51. The number of nitrogens with zero attached hydrogens (tertiary/aromatic N) is 1. The van der Waals surface area contributed by atoms with E-state index in [2.05, 4.69) is 34.7 Å². The minimum absolute atomic E-state index is 0.0409. The monoisotopic (exact) mass is 477 g/mol. The van der Waals surface area contributed by atoms with E-state index in [1.165, 1.54) is 5.56 Å². The Kier molecular flexibility index (Phi) is 6.75. The molecule has 1 aliphatic heterocycles. The Balaban J connectivity index is 1.49. The van der Waals surface area contributed by atoms with Crippen LogP contribution in [-0.4, -0.2) is 50.8 Å². The molecule has 32 heavy (non-hydrogen) atoms. The number of amides is 2. The smallest absolute Gasteiger partial charge is 0.319 e. The molecule has 0 bridgehead atoms. The lowest BCUT2D eigenvalue weighted by molar-refractivity contribution is 0.156. The summed E-state index contributed by atoms with van der Waals surface area (Å²) in [5, 5.41) is 6.94. The van der Waals surface area contributed by atoms with E-state index in [-0.39, 0.29) is 17.5 Å². The van der Waals surface area contributed by atoms with Crippen LogP contribution in [0, 0.1) is 0 Å². The van der Waals surface area contributed by atoms with Gasteiger partial charge in [-0.1, -0.05) is 29.3 Å². The second-order valence-electron chi connectivity index (χ2n) is 8.67. The molecule has 1 heterocycles. The molecular weight excluding hydrogens is 449 g/mol. The molecule has 2 aromatic carbocycles. The molecule has 0 spiro atoms. The van der Waals surface area contributed by atoms with Crippen LogP contribution in [0.3, 0.4) is 0 Å². The van der Waals surface area contributed by atoms with Gasteiger partial charge in [-0.3, -0.25) is 0 Å². The first kappa shape index (κ1) is 23.0. The van der Waals surface area contributed by atoms with Gasteiger partial charge in [-0.25, -0.2) is 4.79 Å². The molecule has 1 aliphatic carbocycles. The number of ether oxygens (including phenoxy) is 2. The fourth-order valence-electron chi connectivity index (χ4n) is 5.33. The SMILES string of the molecule is COc1ccc([C@@]23CC[C@@H](NC(=O)Nc4cc(Cl)ccc4Cl)C[C@@H]2N(C)CC3)cc1OC. The highest BCUT2D eigenvalue weighted by atomic mass is 35.5. The number of nitrogens with one attached hydrogen (secondary N) is 2. The number of hydrogen-bond acceptors (Lipinski definition) is 4. The zero-order chi connectivity index (χ0) is 22.9. The van der Waals surface area contributed by atoms with Crippen LogP contribution < -0.4 is 20.1 Å². The van der Waals surface area contributed by atoms with Gasteiger partial charge < -0.3 is 25.0 Å². The predicted octanol–water partition coefficient (Wildman–Crippen LogP) is 5.33. The van der Waals surface area contributed by atoms with Crippen molar-refractivity contribution >= 4 is 34.9 Å². The molecule has 2 amide bonds. The molecule has 0 aromatic heterocycles. The number of rotatable bonds is 5. The van der Waals surface area contributed by atoms with Gasteiger partial charge in [-0.15, -0.1) is 0 Å². The molecule has 2 fully saturated rings. The Labute approximate surface area is 199 Å². The summed E-state index contributed by atoms with van der Waals surface area (Å²) >= 11 is 12.2. The van der Waals surface area contributed by atoms with Crippen molar-refractivity contribution in [3.8, 4) is 11.5 Å². The maximum Gasteiger partial charge on any atom is 0.319 e. The van der Waals surface area contributed by atoms with Crippen molar-refractivity contribution in [1.82, 2.24) is 10.2 Å². The van der Waals surface area contributed by atoms with Crippen molar-refractivity contribution < 1.29 is 14.3 Å². The molecule has 0 unspecified atom stereocenters. The number of likely N-dealkylation sites (tertiary alicyclic amines) is 1. The van der Waals surface area contributed by atoms with E-state index in [4.69, 9.17) is 32.7 Å². The number of methoxy groups -OCH3 is 2. The third-order valence-electron chi connectivity index (χ3n) is 7.00. The van der Waals surface area contributed by atoms with Gasteiger partial charge in [-0.05, 0) is 75.2 Å². The summed E-state index contributed by atoms with van der Waals surface area (Å²) in [4.78, 5) is 15.1. The number of likely N-dealkylation sites (N-methyl/N-ethyl adjacent to an activating group) is 1. The molecule has 3 atom stereocenters. The Hall–Kier alpha value is -2.15. The van der Waals surface area contributed by atoms with Crippen LogP contribution in [0.25, 0.3) is 0 Å². The molecule has 2 aliphatic rings. The number of benzene rings is 2. The predicted molar refractivity (Wildman–Crippen MR) is 129 cm³/mol. The van der Waals surface area contributed by atoms with Crippen LogP contribution in [0.1, 0.15) is 31.2 Å². The molecule has 172 valence electrons. The van der Waals surface area contributed by atoms with Crippen LogP contribution in [0.5, 0.6) is 11.5 Å². The Morgan fingerprint density at radius 3 is 2.62 bits per heavy atom. The minimum atomic E-state index is -0.265. The number of hydrogen-bond donors (Lipinski definition) is 2. The topological polar surface area (TPSA) is 62.8 Å². The lowest BCUT2D eigenvalue weighted by atomic mass is 9.65. The largest absolute Gasteiger partial charge is 0.493 e. The number of fused-ring (bicyclic) bond motifs is 1. The Bertz CT molecular complexity index is 1000. The van der Waals surface area contributed by atoms with Gasteiger partial charge in [0.1, 0.15) is 0 Å². The van der Waals surface area contributed by atoms with Crippen LogP contribution in [0.2, 0.25) is 10.0 Å². The number of carbonyl (C=O) groups is 1. The zero-order valence-electron chi connectivity index (χ0n) is 18.6. The van der Waals surface area contributed by atoms with E-state index < -0.39 is 0 Å². The standard InChI is InChI=1S/C24H29Cl2N3O3/c1-29-11-10-24(15-4-7-20(31-2)21(12-15)32-3)9-8-17(14-22(24)29)27-23(30)28-19-13-16(25)5-6-18(19)26/h4-7,12-13,17,22H,8-11,14H2,1-3H3,(H2,27,28,30)/t17-,22+,24+/m1/s1. The maximum atomic E-state index is 12.7. The minimum Gasteiger partial charge on any atom is -0.493 e. The fraction of sp³-hybridized carbons (Fsp3) is 0.458. The molecule has 2 N–H and O–H groups in total. The average molecular weight is 478 g/mol. The Morgan fingerprint density at radius 1 is 1.09 bits per heavy atom. The molecule has 4 rings (SSSR count).